The number of rotatable bonds is 2. The van der Waals surface area contributed by atoms with Gasteiger partial charge in [0.25, 0.3) is 0 Å². The second kappa shape index (κ2) is 4.30. The lowest BCUT2D eigenvalue weighted by molar-refractivity contribution is -0.128. The minimum atomic E-state index is 0.216. The zero-order valence-electron chi connectivity index (χ0n) is 11.0. The molecule has 20 heavy (non-hydrogen) atoms. The number of carbonyl (C=O) groups excluding carboxylic acids is 1. The molecule has 0 saturated carbocycles. The van der Waals surface area contributed by atoms with E-state index in [4.69, 9.17) is 0 Å². The number of hydrogen-bond donors (Lipinski definition) is 1. The monoisotopic (exact) mass is 266 g/mol. The lowest BCUT2D eigenvalue weighted by Crippen LogP contribution is -2.24. The van der Waals surface area contributed by atoms with Crippen LogP contribution in [0.2, 0.25) is 0 Å². The molecule has 4 rings (SSSR count). The number of aromatic amines is 1. The molecule has 0 unspecified atom stereocenters. The first-order valence-corrected chi connectivity index (χ1v) is 6.81. The maximum absolute atomic E-state index is 11.7. The van der Waals surface area contributed by atoms with Crippen LogP contribution in [-0.4, -0.2) is 32.3 Å². The van der Waals surface area contributed by atoms with Gasteiger partial charge in [-0.15, -0.1) is 0 Å². The molecule has 0 bridgehead atoms. The van der Waals surface area contributed by atoms with E-state index in [0.717, 1.165) is 40.7 Å². The van der Waals surface area contributed by atoms with Gasteiger partial charge in [-0.05, 0) is 12.5 Å². The molecule has 5 heteroatoms. The first-order valence-electron chi connectivity index (χ1n) is 6.81. The highest BCUT2D eigenvalue weighted by atomic mass is 16.2. The lowest BCUT2D eigenvalue weighted by Gasteiger charge is -2.12. The normalized spacial score (nSPS) is 15.6. The van der Waals surface area contributed by atoms with Crippen LogP contribution in [0, 0.1) is 0 Å². The molecule has 0 spiro atoms. The average Bonchev–Trinajstić information content (AvgIpc) is 3.06. The number of para-hydroxylation sites is 1. The van der Waals surface area contributed by atoms with Crippen molar-refractivity contribution in [3.05, 3.63) is 36.3 Å². The van der Waals surface area contributed by atoms with Crippen molar-refractivity contribution in [2.45, 2.75) is 19.4 Å². The highest BCUT2D eigenvalue weighted by molar-refractivity contribution is 6.01. The lowest BCUT2D eigenvalue weighted by atomic mass is 10.2. The quantitative estimate of drug-likeness (QED) is 0.773. The molecule has 1 aliphatic rings. The summed E-state index contributed by atoms with van der Waals surface area (Å²) in [6, 6.07) is 7.99. The van der Waals surface area contributed by atoms with Gasteiger partial charge in [0, 0.05) is 18.4 Å². The van der Waals surface area contributed by atoms with Crippen LogP contribution in [0.15, 0.2) is 30.5 Å². The van der Waals surface area contributed by atoms with Crippen molar-refractivity contribution in [3.8, 4) is 0 Å². The third-order valence-electron chi connectivity index (χ3n) is 3.79. The SMILES string of the molecule is O=C1CCCN1Cc1nc2cnc3ccccc3c2[nH]1. The van der Waals surface area contributed by atoms with Gasteiger partial charge in [0.2, 0.25) is 5.91 Å². The highest BCUT2D eigenvalue weighted by Crippen LogP contribution is 2.22. The van der Waals surface area contributed by atoms with Crippen LogP contribution in [0.25, 0.3) is 21.9 Å². The number of H-pyrrole nitrogens is 1. The van der Waals surface area contributed by atoms with Crippen molar-refractivity contribution in [1.29, 1.82) is 0 Å². The Labute approximate surface area is 115 Å². The molecular formula is C15H14N4O. The highest BCUT2D eigenvalue weighted by Gasteiger charge is 2.21. The van der Waals surface area contributed by atoms with Gasteiger partial charge in [-0.3, -0.25) is 9.78 Å². The average molecular weight is 266 g/mol. The summed E-state index contributed by atoms with van der Waals surface area (Å²) < 4.78 is 0. The molecule has 3 aromatic rings. The minimum absolute atomic E-state index is 0.216. The zero-order valence-corrected chi connectivity index (χ0v) is 11.0. The molecule has 1 fully saturated rings. The predicted octanol–water partition coefficient (Wildman–Crippen LogP) is 2.23. The Morgan fingerprint density at radius 1 is 1.25 bits per heavy atom. The predicted molar refractivity (Wildman–Crippen MR) is 76.0 cm³/mol. The van der Waals surface area contributed by atoms with Crippen molar-refractivity contribution in [2.24, 2.45) is 0 Å². The summed E-state index contributed by atoms with van der Waals surface area (Å²) in [6.07, 6.45) is 3.39. The number of nitrogens with one attached hydrogen (secondary N) is 1. The van der Waals surface area contributed by atoms with E-state index in [9.17, 15) is 4.79 Å². The topological polar surface area (TPSA) is 61.9 Å². The zero-order chi connectivity index (χ0) is 13.5. The Morgan fingerprint density at radius 3 is 3.00 bits per heavy atom. The van der Waals surface area contributed by atoms with Gasteiger partial charge in [-0.25, -0.2) is 4.98 Å². The van der Waals surface area contributed by atoms with E-state index in [2.05, 4.69) is 15.0 Å². The molecule has 1 saturated heterocycles. The molecule has 2 aromatic heterocycles. The van der Waals surface area contributed by atoms with Crippen LogP contribution in [0.1, 0.15) is 18.7 Å². The summed E-state index contributed by atoms with van der Waals surface area (Å²) in [5.74, 6) is 1.04. The third kappa shape index (κ3) is 1.74. The van der Waals surface area contributed by atoms with Crippen LogP contribution in [0.5, 0.6) is 0 Å². The van der Waals surface area contributed by atoms with Gasteiger partial charge >= 0.3 is 0 Å². The number of aromatic nitrogens is 3. The van der Waals surface area contributed by atoms with Gasteiger partial charge < -0.3 is 9.88 Å². The van der Waals surface area contributed by atoms with Crippen molar-refractivity contribution < 1.29 is 4.79 Å². The van der Waals surface area contributed by atoms with Gasteiger partial charge in [0.05, 0.1) is 23.8 Å². The van der Waals surface area contributed by atoms with E-state index >= 15 is 0 Å². The summed E-state index contributed by atoms with van der Waals surface area (Å²) >= 11 is 0. The maximum atomic E-state index is 11.7. The Bertz CT molecular complexity index is 808. The largest absolute Gasteiger partial charge is 0.340 e. The molecule has 0 aliphatic carbocycles. The fraction of sp³-hybridized carbons (Fsp3) is 0.267. The Balaban J connectivity index is 1.78. The number of pyridine rings is 1. The fourth-order valence-electron chi connectivity index (χ4n) is 2.79. The van der Waals surface area contributed by atoms with E-state index in [1.54, 1.807) is 6.20 Å². The molecule has 0 atom stereocenters. The number of benzene rings is 1. The molecule has 0 radical (unpaired) electrons. The molecule has 3 heterocycles. The van der Waals surface area contributed by atoms with E-state index in [-0.39, 0.29) is 5.91 Å². The van der Waals surface area contributed by atoms with Crippen molar-refractivity contribution in [1.82, 2.24) is 19.9 Å². The molecule has 1 aromatic carbocycles. The second-order valence-corrected chi connectivity index (χ2v) is 5.14. The summed E-state index contributed by atoms with van der Waals surface area (Å²) in [5.41, 5.74) is 2.80. The number of imidazole rings is 1. The van der Waals surface area contributed by atoms with Crippen LogP contribution in [-0.2, 0) is 11.3 Å². The molecule has 1 N–H and O–H groups in total. The first-order chi connectivity index (χ1) is 9.81. The number of hydrogen-bond acceptors (Lipinski definition) is 3. The molecule has 1 aliphatic heterocycles. The standard InChI is InChI=1S/C15H14N4O/c20-14-6-3-7-19(14)9-13-17-12-8-16-11-5-2-1-4-10(11)15(12)18-13/h1-2,4-5,8H,3,6-7,9H2,(H,17,18). The van der Waals surface area contributed by atoms with Crippen molar-refractivity contribution >= 4 is 27.8 Å². The minimum Gasteiger partial charge on any atom is -0.340 e. The van der Waals surface area contributed by atoms with Gasteiger partial charge in [0.15, 0.2) is 0 Å². The fourth-order valence-corrected chi connectivity index (χ4v) is 2.79. The van der Waals surface area contributed by atoms with E-state index < -0.39 is 0 Å². The first kappa shape index (κ1) is 11.4. The van der Waals surface area contributed by atoms with E-state index in [1.807, 2.05) is 29.2 Å². The second-order valence-electron chi connectivity index (χ2n) is 5.14. The van der Waals surface area contributed by atoms with Crippen LogP contribution in [0.4, 0.5) is 0 Å². The molecule has 100 valence electrons. The summed E-state index contributed by atoms with van der Waals surface area (Å²) in [5, 5.41) is 1.07. The Morgan fingerprint density at radius 2 is 2.15 bits per heavy atom. The number of amides is 1. The van der Waals surface area contributed by atoms with Gasteiger partial charge in [0.1, 0.15) is 11.3 Å². The number of likely N-dealkylation sites (tertiary alicyclic amines) is 1. The Hall–Kier alpha value is -2.43. The maximum Gasteiger partial charge on any atom is 0.223 e. The molecular weight excluding hydrogens is 252 g/mol. The van der Waals surface area contributed by atoms with E-state index in [1.165, 1.54) is 0 Å². The van der Waals surface area contributed by atoms with Crippen LogP contribution >= 0.6 is 0 Å². The van der Waals surface area contributed by atoms with Crippen LogP contribution in [0.3, 0.4) is 0 Å². The van der Waals surface area contributed by atoms with Crippen LogP contribution < -0.4 is 0 Å². The molecule has 1 amide bonds. The number of carbonyl (C=O) groups is 1. The Kier molecular flexibility index (Phi) is 2.45. The smallest absolute Gasteiger partial charge is 0.223 e. The van der Waals surface area contributed by atoms with E-state index in [0.29, 0.717) is 13.0 Å². The third-order valence-corrected chi connectivity index (χ3v) is 3.79. The van der Waals surface area contributed by atoms with Gasteiger partial charge in [-0.1, -0.05) is 18.2 Å². The summed E-state index contributed by atoms with van der Waals surface area (Å²) in [6.45, 7) is 1.39. The number of nitrogens with zero attached hydrogens (tertiary/aromatic N) is 3. The van der Waals surface area contributed by atoms with Gasteiger partial charge in [-0.2, -0.15) is 0 Å². The number of fused-ring (bicyclic) bond motifs is 3. The van der Waals surface area contributed by atoms with Crippen molar-refractivity contribution in [3.63, 3.8) is 0 Å². The van der Waals surface area contributed by atoms with Crippen molar-refractivity contribution in [2.75, 3.05) is 6.54 Å². The summed E-state index contributed by atoms with van der Waals surface area (Å²) in [4.78, 5) is 25.8. The molecule has 5 nitrogen and oxygen atoms in total. The summed E-state index contributed by atoms with van der Waals surface area (Å²) in [7, 11) is 0.